The second-order valence-corrected chi connectivity index (χ2v) is 4.87. The molecule has 3 rings (SSSR count). The first-order chi connectivity index (χ1) is 9.72. The van der Waals surface area contributed by atoms with E-state index in [1.807, 2.05) is 24.3 Å². The number of thiocarbonyl (C=S) groups is 1. The van der Waals surface area contributed by atoms with E-state index in [1.54, 1.807) is 7.11 Å². The van der Waals surface area contributed by atoms with E-state index < -0.39 is 0 Å². The minimum Gasteiger partial charge on any atom is -0.473 e. The average Bonchev–Trinajstić information content (AvgIpc) is 2.51. The third kappa shape index (κ3) is 1.98. The Morgan fingerprint density at radius 2 is 1.50 bits per heavy atom. The summed E-state index contributed by atoms with van der Waals surface area (Å²) in [6.07, 6.45) is 0. The van der Waals surface area contributed by atoms with Gasteiger partial charge in [0, 0.05) is 17.8 Å². The number of benzene rings is 2. The van der Waals surface area contributed by atoms with Gasteiger partial charge in [0.15, 0.2) is 0 Å². The quantitative estimate of drug-likeness (QED) is 0.468. The summed E-state index contributed by atoms with van der Waals surface area (Å²) in [4.78, 5) is 4.47. The van der Waals surface area contributed by atoms with Crippen LogP contribution in [0.15, 0.2) is 53.5 Å². The van der Waals surface area contributed by atoms with Gasteiger partial charge in [0.1, 0.15) is 0 Å². The number of rotatable bonds is 0. The first-order valence-corrected chi connectivity index (χ1v) is 6.72. The number of hydrogen-bond acceptors (Lipinski definition) is 2. The van der Waals surface area contributed by atoms with E-state index in [2.05, 4.69) is 40.9 Å². The molecule has 3 nitrogen and oxygen atoms in total. The van der Waals surface area contributed by atoms with Crippen LogP contribution in [0.2, 0.25) is 0 Å². The molecule has 0 fully saturated rings. The summed E-state index contributed by atoms with van der Waals surface area (Å²) in [6, 6.07) is 16.3. The first-order valence-electron chi connectivity index (χ1n) is 6.31. The summed E-state index contributed by atoms with van der Waals surface area (Å²) in [7, 11) is 3.60. The number of pyridine rings is 1. The fourth-order valence-corrected chi connectivity index (χ4v) is 2.56. The van der Waals surface area contributed by atoms with Gasteiger partial charge in [-0.3, -0.25) is 0 Å². The second-order valence-electron chi connectivity index (χ2n) is 4.52. The molecule has 4 heteroatoms. The SMILES string of the molecule is COC(=S)N=c1c2ccccc2n(C)c2ccccc12. The molecule has 3 aromatic rings. The molecule has 0 unspecified atom stereocenters. The van der Waals surface area contributed by atoms with Crippen molar-refractivity contribution in [1.82, 2.24) is 4.57 Å². The highest BCUT2D eigenvalue weighted by Gasteiger charge is 2.06. The van der Waals surface area contributed by atoms with Gasteiger partial charge in [0.05, 0.1) is 23.5 Å². The molecule has 0 aliphatic carbocycles. The Kier molecular flexibility index (Phi) is 3.24. The molecule has 100 valence electrons. The topological polar surface area (TPSA) is 26.5 Å². The molecule has 1 heterocycles. The Bertz CT molecular complexity index is 820. The summed E-state index contributed by atoms with van der Waals surface area (Å²) in [5.74, 6) is 0. The van der Waals surface area contributed by atoms with E-state index in [-0.39, 0.29) is 5.17 Å². The highest BCUT2D eigenvalue weighted by atomic mass is 32.1. The van der Waals surface area contributed by atoms with Crippen LogP contribution in [0.5, 0.6) is 0 Å². The van der Waals surface area contributed by atoms with Crippen molar-refractivity contribution in [2.75, 3.05) is 7.11 Å². The molecule has 0 N–H and O–H groups in total. The number of hydrogen-bond donors (Lipinski definition) is 0. The summed E-state index contributed by atoms with van der Waals surface area (Å²) in [5.41, 5.74) is 2.23. The number of aromatic nitrogens is 1. The maximum atomic E-state index is 5.10. The van der Waals surface area contributed by atoms with Crippen molar-refractivity contribution in [3.63, 3.8) is 0 Å². The van der Waals surface area contributed by atoms with Crippen LogP contribution in [0.4, 0.5) is 0 Å². The third-order valence-corrected chi connectivity index (χ3v) is 3.68. The number of fused-ring (bicyclic) bond motifs is 2. The van der Waals surface area contributed by atoms with Crippen LogP contribution in [0.25, 0.3) is 21.8 Å². The Morgan fingerprint density at radius 1 is 1.00 bits per heavy atom. The maximum Gasteiger partial charge on any atom is 0.283 e. The lowest BCUT2D eigenvalue weighted by atomic mass is 10.1. The normalized spacial score (nSPS) is 10.7. The zero-order chi connectivity index (χ0) is 14.1. The molecule has 0 saturated carbocycles. The first kappa shape index (κ1) is 12.8. The van der Waals surface area contributed by atoms with Crippen molar-refractivity contribution in [3.8, 4) is 0 Å². The second kappa shape index (κ2) is 5.06. The highest BCUT2D eigenvalue weighted by molar-refractivity contribution is 7.80. The Hall–Kier alpha value is -2.20. The Morgan fingerprint density at radius 3 is 2.00 bits per heavy atom. The largest absolute Gasteiger partial charge is 0.473 e. The maximum absolute atomic E-state index is 5.10. The van der Waals surface area contributed by atoms with Gasteiger partial charge < -0.3 is 9.30 Å². The van der Waals surface area contributed by atoms with Gasteiger partial charge >= 0.3 is 0 Å². The Labute approximate surface area is 122 Å². The molecule has 0 saturated heterocycles. The molecule has 0 bridgehead atoms. The van der Waals surface area contributed by atoms with Crippen LogP contribution in [0.3, 0.4) is 0 Å². The number of aryl methyl sites for hydroxylation is 1. The smallest absolute Gasteiger partial charge is 0.283 e. The van der Waals surface area contributed by atoms with Crippen molar-refractivity contribution in [2.45, 2.75) is 0 Å². The summed E-state index contributed by atoms with van der Waals surface area (Å²) in [5, 5.41) is 3.23. The van der Waals surface area contributed by atoms with E-state index in [0.29, 0.717) is 0 Å². The van der Waals surface area contributed by atoms with Gasteiger partial charge in [0.25, 0.3) is 5.17 Å². The molecule has 2 aromatic carbocycles. The number of ether oxygens (including phenoxy) is 1. The van der Waals surface area contributed by atoms with Crippen molar-refractivity contribution in [2.24, 2.45) is 12.0 Å². The van der Waals surface area contributed by atoms with Crippen LogP contribution in [-0.4, -0.2) is 16.9 Å². The zero-order valence-electron chi connectivity index (χ0n) is 11.3. The van der Waals surface area contributed by atoms with Crippen molar-refractivity contribution in [1.29, 1.82) is 0 Å². The minimum atomic E-state index is 0.245. The number of nitrogens with zero attached hydrogens (tertiary/aromatic N) is 2. The van der Waals surface area contributed by atoms with Gasteiger partial charge in [0.2, 0.25) is 0 Å². The molecule has 0 amide bonds. The number of para-hydroxylation sites is 2. The summed E-state index contributed by atoms with van der Waals surface area (Å²) in [6.45, 7) is 0. The lowest BCUT2D eigenvalue weighted by Gasteiger charge is -2.11. The molecule has 20 heavy (non-hydrogen) atoms. The van der Waals surface area contributed by atoms with Crippen LogP contribution in [-0.2, 0) is 11.8 Å². The monoisotopic (exact) mass is 282 g/mol. The highest BCUT2D eigenvalue weighted by Crippen LogP contribution is 2.17. The van der Waals surface area contributed by atoms with Crippen LogP contribution in [0, 0.1) is 0 Å². The number of methoxy groups -OCH3 is 1. The molecule has 1 aromatic heterocycles. The molecule has 0 spiro atoms. The molecule has 0 aliphatic heterocycles. The van der Waals surface area contributed by atoms with Gasteiger partial charge in [-0.05, 0) is 24.4 Å². The molecular formula is C16H14N2OS. The predicted octanol–water partition coefficient (Wildman–Crippen LogP) is 3.16. The predicted molar refractivity (Wildman–Crippen MR) is 85.6 cm³/mol. The summed E-state index contributed by atoms with van der Waals surface area (Å²) < 4.78 is 7.21. The van der Waals surface area contributed by atoms with E-state index in [1.165, 1.54) is 0 Å². The lowest BCUT2D eigenvalue weighted by Crippen LogP contribution is -2.13. The fraction of sp³-hybridized carbons (Fsp3) is 0.125. The van der Waals surface area contributed by atoms with Gasteiger partial charge in [-0.2, -0.15) is 0 Å². The lowest BCUT2D eigenvalue weighted by molar-refractivity contribution is 0.408. The molecule has 0 atom stereocenters. The minimum absolute atomic E-state index is 0.245. The van der Waals surface area contributed by atoms with Gasteiger partial charge in [-0.15, -0.1) is 0 Å². The van der Waals surface area contributed by atoms with Crippen LogP contribution >= 0.6 is 12.2 Å². The van der Waals surface area contributed by atoms with E-state index in [4.69, 9.17) is 17.0 Å². The summed E-state index contributed by atoms with van der Waals surface area (Å²) >= 11 is 5.10. The van der Waals surface area contributed by atoms with E-state index >= 15 is 0 Å². The van der Waals surface area contributed by atoms with Crippen LogP contribution < -0.4 is 5.36 Å². The average molecular weight is 282 g/mol. The van der Waals surface area contributed by atoms with Crippen molar-refractivity contribution >= 4 is 39.2 Å². The van der Waals surface area contributed by atoms with Gasteiger partial charge in [-0.25, -0.2) is 4.99 Å². The van der Waals surface area contributed by atoms with Crippen molar-refractivity contribution in [3.05, 3.63) is 53.9 Å². The molecule has 0 aliphatic rings. The van der Waals surface area contributed by atoms with E-state index in [9.17, 15) is 0 Å². The Balaban J connectivity index is 2.60. The molecular weight excluding hydrogens is 268 g/mol. The third-order valence-electron chi connectivity index (χ3n) is 3.42. The standard InChI is InChI=1S/C16H14N2OS/c1-18-13-9-5-3-7-11(13)15(17-16(20)19-2)12-8-4-6-10-14(12)18/h3-10H,1-2H3. The van der Waals surface area contributed by atoms with E-state index in [0.717, 1.165) is 27.2 Å². The van der Waals surface area contributed by atoms with Crippen LogP contribution in [0.1, 0.15) is 0 Å². The van der Waals surface area contributed by atoms with Gasteiger partial charge in [-0.1, -0.05) is 36.4 Å². The molecule has 0 radical (unpaired) electrons. The van der Waals surface area contributed by atoms with Crippen molar-refractivity contribution < 1.29 is 4.74 Å². The zero-order valence-corrected chi connectivity index (χ0v) is 12.1. The fourth-order valence-electron chi connectivity index (χ4n) is 2.46.